The maximum atomic E-state index is 13.6. The molecule has 0 unspecified atom stereocenters. The molecule has 0 atom stereocenters. The second-order valence-electron chi connectivity index (χ2n) is 4.65. The third-order valence-electron chi connectivity index (χ3n) is 3.10. The summed E-state index contributed by atoms with van der Waals surface area (Å²) in [7, 11) is -3.70. The standard InChI is InChI=1S/C11H13FN2O3S/c1-11(2)10(15)14(18(11,16)17)6-7-4-3-5-8(13)9(7)12/h3-5H,6,13H2,1-2H3. The van der Waals surface area contributed by atoms with Gasteiger partial charge in [0.25, 0.3) is 15.9 Å². The average molecular weight is 272 g/mol. The van der Waals surface area contributed by atoms with Gasteiger partial charge in [0.1, 0.15) is 0 Å². The Kier molecular flexibility index (Phi) is 2.62. The number of benzene rings is 1. The average Bonchev–Trinajstić information content (AvgIpc) is 2.29. The van der Waals surface area contributed by atoms with E-state index in [1.165, 1.54) is 32.0 Å². The number of anilines is 1. The van der Waals surface area contributed by atoms with E-state index in [0.717, 1.165) is 0 Å². The van der Waals surface area contributed by atoms with Crippen molar-refractivity contribution in [2.75, 3.05) is 5.73 Å². The van der Waals surface area contributed by atoms with Crippen molar-refractivity contribution < 1.29 is 17.6 Å². The van der Waals surface area contributed by atoms with Crippen molar-refractivity contribution in [1.29, 1.82) is 0 Å². The number of rotatable bonds is 2. The minimum absolute atomic E-state index is 0.0721. The van der Waals surface area contributed by atoms with Gasteiger partial charge in [-0.25, -0.2) is 17.1 Å². The molecule has 2 N–H and O–H groups in total. The molecule has 0 radical (unpaired) electrons. The van der Waals surface area contributed by atoms with Gasteiger partial charge in [-0.15, -0.1) is 0 Å². The van der Waals surface area contributed by atoms with E-state index < -0.39 is 26.5 Å². The zero-order chi connectivity index (χ0) is 13.7. The molecule has 1 amide bonds. The fourth-order valence-electron chi connectivity index (χ4n) is 1.79. The molecule has 0 saturated carbocycles. The maximum absolute atomic E-state index is 13.6. The third-order valence-corrected chi connectivity index (χ3v) is 5.44. The number of halogens is 1. The van der Waals surface area contributed by atoms with Gasteiger partial charge in [0.15, 0.2) is 10.6 Å². The third kappa shape index (κ3) is 1.50. The first-order valence-electron chi connectivity index (χ1n) is 5.29. The lowest BCUT2D eigenvalue weighted by Crippen LogP contribution is -2.66. The van der Waals surface area contributed by atoms with Crippen LogP contribution in [0, 0.1) is 5.82 Å². The van der Waals surface area contributed by atoms with Crippen LogP contribution in [-0.4, -0.2) is 23.4 Å². The van der Waals surface area contributed by atoms with Crippen molar-refractivity contribution in [2.45, 2.75) is 25.1 Å². The number of nitrogens with two attached hydrogens (primary N) is 1. The molecule has 1 fully saturated rings. The van der Waals surface area contributed by atoms with Gasteiger partial charge in [-0.1, -0.05) is 12.1 Å². The molecule has 7 heteroatoms. The summed E-state index contributed by atoms with van der Waals surface area (Å²) in [6, 6.07) is 4.28. The van der Waals surface area contributed by atoms with Crippen LogP contribution in [-0.2, 0) is 21.4 Å². The lowest BCUT2D eigenvalue weighted by atomic mass is 10.1. The molecule has 1 saturated heterocycles. The minimum Gasteiger partial charge on any atom is -0.396 e. The van der Waals surface area contributed by atoms with E-state index in [0.29, 0.717) is 4.31 Å². The van der Waals surface area contributed by atoms with E-state index in [2.05, 4.69) is 0 Å². The van der Waals surface area contributed by atoms with Crippen LogP contribution in [0.15, 0.2) is 18.2 Å². The molecule has 18 heavy (non-hydrogen) atoms. The number of nitrogen functional groups attached to an aromatic ring is 1. The van der Waals surface area contributed by atoms with Crippen LogP contribution in [0.2, 0.25) is 0 Å². The lowest BCUT2D eigenvalue weighted by Gasteiger charge is -2.43. The number of hydrogen-bond donors (Lipinski definition) is 1. The van der Waals surface area contributed by atoms with Crippen LogP contribution in [0.25, 0.3) is 0 Å². The zero-order valence-corrected chi connectivity index (χ0v) is 10.8. The number of hydrogen-bond acceptors (Lipinski definition) is 4. The van der Waals surface area contributed by atoms with Gasteiger partial charge in [0, 0.05) is 5.56 Å². The summed E-state index contributed by atoms with van der Waals surface area (Å²) in [6.45, 7) is 2.34. The van der Waals surface area contributed by atoms with Gasteiger partial charge < -0.3 is 5.73 Å². The summed E-state index contributed by atoms with van der Waals surface area (Å²) in [6.07, 6.45) is 0. The molecule has 1 heterocycles. The van der Waals surface area contributed by atoms with Gasteiger partial charge in [0.05, 0.1) is 12.2 Å². The molecule has 2 rings (SSSR count). The minimum atomic E-state index is -3.70. The molecule has 0 aromatic heterocycles. The van der Waals surface area contributed by atoms with Crippen LogP contribution in [0.1, 0.15) is 19.4 Å². The Morgan fingerprint density at radius 1 is 1.39 bits per heavy atom. The molecule has 0 bridgehead atoms. The van der Waals surface area contributed by atoms with E-state index in [4.69, 9.17) is 5.73 Å². The van der Waals surface area contributed by atoms with Crippen LogP contribution in [0.3, 0.4) is 0 Å². The van der Waals surface area contributed by atoms with Crippen LogP contribution in [0.4, 0.5) is 10.1 Å². The summed E-state index contributed by atoms with van der Waals surface area (Å²) in [5.41, 5.74) is 5.40. The van der Waals surface area contributed by atoms with E-state index >= 15 is 0 Å². The zero-order valence-electron chi connectivity index (χ0n) is 9.97. The van der Waals surface area contributed by atoms with Gasteiger partial charge in [-0.05, 0) is 19.9 Å². The molecule has 0 aliphatic carbocycles. The van der Waals surface area contributed by atoms with Gasteiger partial charge in [0.2, 0.25) is 0 Å². The molecule has 1 aromatic rings. The van der Waals surface area contributed by atoms with Crippen molar-refractivity contribution in [3.05, 3.63) is 29.6 Å². The maximum Gasteiger partial charge on any atom is 0.259 e. The molecule has 1 aliphatic heterocycles. The second-order valence-corrected chi connectivity index (χ2v) is 7.06. The summed E-state index contributed by atoms with van der Waals surface area (Å²) in [4.78, 5) is 11.7. The normalized spacial score (nSPS) is 20.6. The summed E-state index contributed by atoms with van der Waals surface area (Å²) in [5, 5.41) is 0. The summed E-state index contributed by atoms with van der Waals surface area (Å²) >= 11 is 0. The Morgan fingerprint density at radius 3 is 2.56 bits per heavy atom. The quantitative estimate of drug-likeness (QED) is 0.810. The molecule has 0 spiro atoms. The summed E-state index contributed by atoms with van der Waals surface area (Å²) in [5.74, 6) is -1.23. The van der Waals surface area contributed by atoms with E-state index in [1.54, 1.807) is 0 Å². The highest BCUT2D eigenvalue weighted by atomic mass is 32.2. The number of sulfonamides is 1. The first-order chi connectivity index (χ1) is 8.19. The number of carbonyl (C=O) groups is 1. The highest BCUT2D eigenvalue weighted by Crippen LogP contribution is 2.36. The molecular weight excluding hydrogens is 259 g/mol. The number of amides is 1. The van der Waals surface area contributed by atoms with Crippen molar-refractivity contribution in [2.24, 2.45) is 0 Å². The van der Waals surface area contributed by atoms with Crippen molar-refractivity contribution in [1.82, 2.24) is 4.31 Å². The molecule has 98 valence electrons. The molecule has 1 aromatic carbocycles. The predicted molar refractivity (Wildman–Crippen MR) is 64.4 cm³/mol. The SMILES string of the molecule is CC1(C)C(=O)N(Cc2cccc(N)c2F)S1(=O)=O. The Hall–Kier alpha value is -1.63. The molecular formula is C11H13FN2O3S. The Balaban J connectivity index is 2.33. The monoisotopic (exact) mass is 272 g/mol. The fraction of sp³-hybridized carbons (Fsp3) is 0.364. The van der Waals surface area contributed by atoms with Gasteiger partial charge in [-0.3, -0.25) is 4.79 Å². The van der Waals surface area contributed by atoms with Crippen LogP contribution >= 0.6 is 0 Å². The van der Waals surface area contributed by atoms with Gasteiger partial charge >= 0.3 is 0 Å². The number of nitrogens with zero attached hydrogens (tertiary/aromatic N) is 1. The highest BCUT2D eigenvalue weighted by Gasteiger charge is 2.60. The second kappa shape index (κ2) is 3.68. The first-order valence-corrected chi connectivity index (χ1v) is 6.73. The van der Waals surface area contributed by atoms with Crippen molar-refractivity contribution in [3.8, 4) is 0 Å². The van der Waals surface area contributed by atoms with E-state index in [-0.39, 0.29) is 17.8 Å². The summed E-state index contributed by atoms with van der Waals surface area (Å²) < 4.78 is 36.5. The van der Waals surface area contributed by atoms with Gasteiger partial charge in [-0.2, -0.15) is 0 Å². The fourth-order valence-corrected chi connectivity index (χ4v) is 3.29. The lowest BCUT2D eigenvalue weighted by molar-refractivity contribution is -0.132. The molecule has 1 aliphatic rings. The van der Waals surface area contributed by atoms with Crippen LogP contribution < -0.4 is 5.73 Å². The smallest absolute Gasteiger partial charge is 0.259 e. The highest BCUT2D eigenvalue weighted by molar-refractivity contribution is 7.94. The van der Waals surface area contributed by atoms with Crippen LogP contribution in [0.5, 0.6) is 0 Å². The van der Waals surface area contributed by atoms with E-state index in [9.17, 15) is 17.6 Å². The molecule has 5 nitrogen and oxygen atoms in total. The Labute approximate surface area is 104 Å². The Bertz CT molecular complexity index is 625. The first kappa shape index (κ1) is 12.8. The largest absolute Gasteiger partial charge is 0.396 e. The van der Waals surface area contributed by atoms with Crippen molar-refractivity contribution >= 4 is 21.6 Å². The van der Waals surface area contributed by atoms with Crippen molar-refractivity contribution in [3.63, 3.8) is 0 Å². The number of carbonyl (C=O) groups excluding carboxylic acids is 1. The topological polar surface area (TPSA) is 80.5 Å². The van der Waals surface area contributed by atoms with E-state index in [1.807, 2.05) is 0 Å². The Morgan fingerprint density at radius 2 is 2.00 bits per heavy atom. The predicted octanol–water partition coefficient (Wildman–Crippen LogP) is 0.859.